The van der Waals surface area contributed by atoms with Crippen LogP contribution in [0.25, 0.3) is 0 Å². The second-order valence-corrected chi connectivity index (χ2v) is 10.1. The quantitative estimate of drug-likeness (QED) is 0.536. The van der Waals surface area contributed by atoms with Crippen molar-refractivity contribution >= 4 is 33.4 Å². The van der Waals surface area contributed by atoms with E-state index >= 15 is 0 Å². The van der Waals surface area contributed by atoms with Crippen molar-refractivity contribution in [2.24, 2.45) is 0 Å². The summed E-state index contributed by atoms with van der Waals surface area (Å²) in [4.78, 5) is 27.3. The first kappa shape index (κ1) is 25.8. The number of nitrogens with one attached hydrogen (secondary N) is 1. The van der Waals surface area contributed by atoms with Crippen LogP contribution in [0.15, 0.2) is 54.6 Å². The van der Waals surface area contributed by atoms with Gasteiger partial charge in [0.05, 0.1) is 12.8 Å². The number of hydrogen-bond acceptors (Lipinski definition) is 4. The Hall–Kier alpha value is -2.42. The molecule has 0 heterocycles. The Bertz CT molecular complexity index is 998. The molecule has 0 spiro atoms. The molecule has 0 saturated carbocycles. The number of halogens is 1. The molecular weight excluding hydrogens is 450 g/mol. The molecule has 2 rings (SSSR count). The van der Waals surface area contributed by atoms with Crippen LogP contribution in [0.5, 0.6) is 0 Å². The predicted molar refractivity (Wildman–Crippen MR) is 126 cm³/mol. The van der Waals surface area contributed by atoms with Gasteiger partial charge in [-0.15, -0.1) is 0 Å². The van der Waals surface area contributed by atoms with Gasteiger partial charge in [-0.2, -0.15) is 4.31 Å². The maximum Gasteiger partial charge on any atom is 0.242 e. The Morgan fingerprint density at radius 2 is 1.59 bits per heavy atom. The van der Waals surface area contributed by atoms with E-state index in [9.17, 15) is 18.0 Å². The van der Waals surface area contributed by atoms with Crippen LogP contribution in [0.4, 0.5) is 0 Å². The van der Waals surface area contributed by atoms with Gasteiger partial charge in [-0.25, -0.2) is 8.42 Å². The van der Waals surface area contributed by atoms with E-state index in [0.29, 0.717) is 11.6 Å². The predicted octanol–water partition coefficient (Wildman–Crippen LogP) is 3.05. The number of sulfonamides is 1. The van der Waals surface area contributed by atoms with Crippen LogP contribution < -0.4 is 5.32 Å². The SMILES string of the molecule is CCCNC(=O)[C@H](C)N(Cc1ccc(Cl)cc1)C(=O)CN(Cc1ccccc1)S(C)(=O)=O. The molecule has 0 aliphatic rings. The van der Waals surface area contributed by atoms with Gasteiger partial charge in [0.15, 0.2) is 0 Å². The molecule has 2 aromatic rings. The van der Waals surface area contributed by atoms with Crippen molar-refractivity contribution in [2.75, 3.05) is 19.3 Å². The fraction of sp³-hybridized carbons (Fsp3) is 0.391. The maximum atomic E-state index is 13.3. The second-order valence-electron chi connectivity index (χ2n) is 7.63. The third-order valence-corrected chi connectivity index (χ3v) is 6.41. The van der Waals surface area contributed by atoms with Crippen LogP contribution in [-0.2, 0) is 32.7 Å². The van der Waals surface area contributed by atoms with Gasteiger partial charge in [0.1, 0.15) is 6.04 Å². The summed E-state index contributed by atoms with van der Waals surface area (Å²) < 4.78 is 25.9. The Labute approximate surface area is 195 Å². The highest BCUT2D eigenvalue weighted by atomic mass is 35.5. The van der Waals surface area contributed by atoms with E-state index in [1.807, 2.05) is 25.1 Å². The third-order valence-electron chi connectivity index (χ3n) is 4.97. The summed E-state index contributed by atoms with van der Waals surface area (Å²) in [5, 5.41) is 3.36. The van der Waals surface area contributed by atoms with Gasteiger partial charge in [-0.3, -0.25) is 9.59 Å². The van der Waals surface area contributed by atoms with Crippen molar-refractivity contribution in [1.82, 2.24) is 14.5 Å². The minimum absolute atomic E-state index is 0.0661. The van der Waals surface area contributed by atoms with Crippen molar-refractivity contribution in [1.29, 1.82) is 0 Å². The Morgan fingerprint density at radius 3 is 2.16 bits per heavy atom. The lowest BCUT2D eigenvalue weighted by Gasteiger charge is -2.31. The first-order valence-electron chi connectivity index (χ1n) is 10.4. The largest absolute Gasteiger partial charge is 0.354 e. The van der Waals surface area contributed by atoms with Gasteiger partial charge >= 0.3 is 0 Å². The molecule has 32 heavy (non-hydrogen) atoms. The fourth-order valence-corrected chi connectivity index (χ4v) is 3.94. The maximum absolute atomic E-state index is 13.3. The molecule has 2 amide bonds. The van der Waals surface area contributed by atoms with Gasteiger partial charge in [0, 0.05) is 24.7 Å². The molecule has 0 fully saturated rings. The molecule has 1 atom stereocenters. The van der Waals surface area contributed by atoms with Crippen LogP contribution >= 0.6 is 11.6 Å². The zero-order valence-corrected chi connectivity index (χ0v) is 20.2. The number of carbonyl (C=O) groups excluding carboxylic acids is 2. The van der Waals surface area contributed by atoms with Gasteiger partial charge in [-0.1, -0.05) is 61.0 Å². The number of hydrogen-bond donors (Lipinski definition) is 1. The minimum atomic E-state index is -3.66. The molecule has 0 unspecified atom stereocenters. The fourth-order valence-electron chi connectivity index (χ4n) is 3.08. The van der Waals surface area contributed by atoms with Crippen molar-refractivity contribution in [3.8, 4) is 0 Å². The molecule has 1 N–H and O–H groups in total. The number of benzene rings is 2. The highest BCUT2D eigenvalue weighted by Gasteiger charge is 2.29. The Kier molecular flexibility index (Phi) is 9.68. The zero-order chi connectivity index (χ0) is 23.7. The Balaban J connectivity index is 2.27. The number of rotatable bonds is 11. The number of nitrogens with zero attached hydrogens (tertiary/aromatic N) is 2. The lowest BCUT2D eigenvalue weighted by Crippen LogP contribution is -2.51. The molecule has 174 valence electrons. The van der Waals surface area contributed by atoms with E-state index in [2.05, 4.69) is 5.32 Å². The molecular formula is C23H30ClN3O4S. The van der Waals surface area contributed by atoms with E-state index in [-0.39, 0.29) is 25.5 Å². The molecule has 0 aliphatic heterocycles. The lowest BCUT2D eigenvalue weighted by molar-refractivity contribution is -0.140. The van der Waals surface area contributed by atoms with Gasteiger partial charge in [0.25, 0.3) is 0 Å². The van der Waals surface area contributed by atoms with Crippen LogP contribution in [0.1, 0.15) is 31.4 Å². The van der Waals surface area contributed by atoms with Crippen LogP contribution in [-0.4, -0.2) is 54.8 Å². The van der Waals surface area contributed by atoms with Gasteiger partial charge < -0.3 is 10.2 Å². The van der Waals surface area contributed by atoms with Crippen LogP contribution in [0, 0.1) is 0 Å². The van der Waals surface area contributed by atoms with Crippen LogP contribution in [0.2, 0.25) is 5.02 Å². The highest BCUT2D eigenvalue weighted by Crippen LogP contribution is 2.15. The van der Waals surface area contributed by atoms with Crippen LogP contribution in [0.3, 0.4) is 0 Å². The molecule has 9 heteroatoms. The van der Waals surface area contributed by atoms with Crippen molar-refractivity contribution in [2.45, 2.75) is 39.4 Å². The zero-order valence-electron chi connectivity index (χ0n) is 18.6. The number of carbonyl (C=O) groups is 2. The average molecular weight is 480 g/mol. The average Bonchev–Trinajstić information content (AvgIpc) is 2.76. The molecule has 2 aromatic carbocycles. The van der Waals surface area contributed by atoms with Crippen molar-refractivity contribution in [3.63, 3.8) is 0 Å². The standard InChI is InChI=1S/C23H30ClN3O4S/c1-4-14-25-23(29)18(2)27(16-20-10-12-21(24)13-11-20)22(28)17-26(32(3,30)31)15-19-8-6-5-7-9-19/h5-13,18H,4,14-17H2,1-3H3,(H,25,29)/t18-/m0/s1. The number of amides is 2. The summed E-state index contributed by atoms with van der Waals surface area (Å²) in [6.07, 6.45) is 1.84. The molecule has 0 aromatic heterocycles. The first-order chi connectivity index (χ1) is 15.1. The lowest BCUT2D eigenvalue weighted by atomic mass is 10.1. The van der Waals surface area contributed by atoms with Gasteiger partial charge in [0.2, 0.25) is 21.8 Å². The summed E-state index contributed by atoms with van der Waals surface area (Å²) in [7, 11) is -3.66. The second kappa shape index (κ2) is 12.0. The third kappa shape index (κ3) is 7.93. The summed E-state index contributed by atoms with van der Waals surface area (Å²) >= 11 is 5.96. The monoisotopic (exact) mass is 479 g/mol. The first-order valence-corrected chi connectivity index (χ1v) is 12.6. The van der Waals surface area contributed by atoms with E-state index in [1.165, 1.54) is 4.90 Å². The highest BCUT2D eigenvalue weighted by molar-refractivity contribution is 7.88. The topological polar surface area (TPSA) is 86.8 Å². The summed E-state index contributed by atoms with van der Waals surface area (Å²) in [6, 6.07) is 15.2. The molecule has 0 saturated heterocycles. The molecule has 7 nitrogen and oxygen atoms in total. The van der Waals surface area contributed by atoms with E-state index in [0.717, 1.165) is 28.1 Å². The summed E-state index contributed by atoms with van der Waals surface area (Å²) in [6.45, 7) is 3.93. The van der Waals surface area contributed by atoms with Gasteiger partial charge in [-0.05, 0) is 36.6 Å². The van der Waals surface area contributed by atoms with E-state index < -0.39 is 22.0 Å². The van der Waals surface area contributed by atoms with E-state index in [4.69, 9.17) is 11.6 Å². The molecule has 0 bridgehead atoms. The minimum Gasteiger partial charge on any atom is -0.354 e. The Morgan fingerprint density at radius 1 is 1.00 bits per heavy atom. The summed E-state index contributed by atoms with van der Waals surface area (Å²) in [5.41, 5.74) is 1.55. The molecule has 0 radical (unpaired) electrons. The smallest absolute Gasteiger partial charge is 0.242 e. The normalized spacial score (nSPS) is 12.4. The molecule has 0 aliphatic carbocycles. The van der Waals surface area contributed by atoms with Crippen molar-refractivity contribution < 1.29 is 18.0 Å². The van der Waals surface area contributed by atoms with Crippen molar-refractivity contribution in [3.05, 3.63) is 70.7 Å². The van der Waals surface area contributed by atoms with E-state index in [1.54, 1.807) is 43.3 Å². The summed E-state index contributed by atoms with van der Waals surface area (Å²) in [5.74, 6) is -0.747.